The van der Waals surface area contributed by atoms with Crippen molar-refractivity contribution in [2.45, 2.75) is 17.4 Å². The maximum Gasteiger partial charge on any atom is 0.485 e. The summed E-state index contributed by atoms with van der Waals surface area (Å²) in [5.41, 5.74) is -11.3. The van der Waals surface area contributed by atoms with Gasteiger partial charge in [0, 0.05) is 6.42 Å². The zero-order valence-corrected chi connectivity index (χ0v) is 22.1. The Morgan fingerprint density at radius 3 is 1.00 bits per heavy atom. The van der Waals surface area contributed by atoms with E-state index in [0.717, 1.165) is 31.4 Å². The first kappa shape index (κ1) is 37.5. The first-order valence-electron chi connectivity index (χ1n) is 9.22. The maximum atomic E-state index is 10.7. The number of halogens is 6. The Kier molecular flexibility index (Phi) is 16.2. The average molecular weight is 571 g/mol. The normalized spacial score (nSPS) is 11.7. The van der Waals surface area contributed by atoms with Crippen LogP contribution in [0.1, 0.15) is 6.42 Å². The molecule has 2 N–H and O–H groups in total. The van der Waals surface area contributed by atoms with Gasteiger partial charge in [0.2, 0.25) is 0 Å². The Balaban J connectivity index is -0.000000526. The van der Waals surface area contributed by atoms with Crippen LogP contribution in [-0.2, 0) is 20.2 Å². The van der Waals surface area contributed by atoms with E-state index in [2.05, 4.69) is 29.6 Å². The Labute approximate surface area is 201 Å². The monoisotopic (exact) mass is 570 g/mol. The molecule has 0 rings (SSSR count). The van der Waals surface area contributed by atoms with Crippen molar-refractivity contribution in [3.8, 4) is 0 Å². The number of rotatable bonds is 4. The van der Waals surface area contributed by atoms with Crippen LogP contribution in [0.15, 0.2) is 0 Å². The highest BCUT2D eigenvalue weighted by molar-refractivity contribution is 7.86. The van der Waals surface area contributed by atoms with Crippen molar-refractivity contribution in [2.75, 3.05) is 69.5 Å². The summed E-state index contributed by atoms with van der Waals surface area (Å²) in [7, 11) is 4.19. The summed E-state index contributed by atoms with van der Waals surface area (Å²) in [5.74, 6) is 2.26. The van der Waals surface area contributed by atoms with Crippen LogP contribution in [0.3, 0.4) is 0 Å². The predicted octanol–water partition coefficient (Wildman–Crippen LogP) is -0.962. The predicted molar refractivity (Wildman–Crippen MR) is 114 cm³/mol. The second kappa shape index (κ2) is 15.1. The van der Waals surface area contributed by atoms with Gasteiger partial charge in [-0.25, -0.2) is 16.8 Å². The van der Waals surface area contributed by atoms with Crippen molar-refractivity contribution >= 4 is 32.2 Å². The van der Waals surface area contributed by atoms with E-state index in [4.69, 9.17) is 25.9 Å². The number of guanidine groups is 2. The lowest BCUT2D eigenvalue weighted by atomic mass is 10.4. The molecule has 0 aromatic heterocycles. The van der Waals surface area contributed by atoms with E-state index in [1.165, 1.54) is 0 Å². The van der Waals surface area contributed by atoms with Crippen molar-refractivity contribution in [3.63, 3.8) is 0 Å². The molecule has 0 aliphatic heterocycles. The Morgan fingerprint density at radius 2 is 0.886 bits per heavy atom. The SMILES string of the molecule is CN(C)C(NCCCNC(N(C)C)=[N+](C)C)=[N+](C)C.O=S(=O)([O-])C(F)(F)F.O=S(=O)([O-])C(F)(F)F. The molecule has 0 spiro atoms. The minimum Gasteiger partial charge on any atom is -0.741 e. The van der Waals surface area contributed by atoms with Gasteiger partial charge in [-0.15, -0.1) is 0 Å². The van der Waals surface area contributed by atoms with Crippen LogP contribution in [0, 0.1) is 0 Å². The fourth-order valence-corrected chi connectivity index (χ4v) is 1.92. The summed E-state index contributed by atoms with van der Waals surface area (Å²) >= 11 is 0. The van der Waals surface area contributed by atoms with Gasteiger partial charge in [-0.1, -0.05) is 0 Å². The van der Waals surface area contributed by atoms with Crippen molar-refractivity contribution < 1.29 is 61.4 Å². The molecule has 12 nitrogen and oxygen atoms in total. The minimum absolute atomic E-state index is 0.951. The van der Waals surface area contributed by atoms with Gasteiger partial charge < -0.3 is 9.11 Å². The maximum absolute atomic E-state index is 10.7. The smallest absolute Gasteiger partial charge is 0.485 e. The van der Waals surface area contributed by atoms with Gasteiger partial charge in [0.25, 0.3) is 0 Å². The third-order valence-corrected chi connectivity index (χ3v) is 4.32. The van der Waals surface area contributed by atoms with Crippen LogP contribution < -0.4 is 10.6 Å². The van der Waals surface area contributed by atoms with Gasteiger partial charge in [0.05, 0.1) is 69.5 Å². The van der Waals surface area contributed by atoms with Crippen molar-refractivity contribution in [1.29, 1.82) is 0 Å². The summed E-state index contributed by atoms with van der Waals surface area (Å²) in [6.07, 6.45) is 1.07. The van der Waals surface area contributed by atoms with Crippen molar-refractivity contribution in [3.05, 3.63) is 0 Å². The van der Waals surface area contributed by atoms with Gasteiger partial charge >= 0.3 is 22.9 Å². The van der Waals surface area contributed by atoms with Gasteiger partial charge in [-0.2, -0.15) is 26.3 Å². The molecule has 0 aliphatic carbocycles. The molecule has 0 unspecified atom stereocenters. The Bertz CT molecular complexity index is 834. The molecule has 35 heavy (non-hydrogen) atoms. The molecule has 0 radical (unpaired) electrons. The van der Waals surface area contributed by atoms with E-state index in [1.807, 2.05) is 56.4 Å². The summed E-state index contributed by atoms with van der Waals surface area (Å²) in [6.45, 7) is 1.90. The number of nitrogens with one attached hydrogen (secondary N) is 2. The topological polar surface area (TPSA) is 151 Å². The molecule has 0 aromatic rings. The molecule has 0 bridgehead atoms. The molecule has 0 saturated heterocycles. The third kappa shape index (κ3) is 17.9. The van der Waals surface area contributed by atoms with E-state index in [-0.39, 0.29) is 0 Å². The molecule has 0 saturated carbocycles. The van der Waals surface area contributed by atoms with Crippen molar-refractivity contribution in [2.24, 2.45) is 0 Å². The second-order valence-corrected chi connectivity index (χ2v) is 9.97. The first-order valence-corrected chi connectivity index (χ1v) is 12.0. The molecule has 212 valence electrons. The minimum atomic E-state index is -6.09. The number of hydrogen-bond acceptors (Lipinski definition) is 6. The van der Waals surface area contributed by atoms with E-state index in [0.29, 0.717) is 0 Å². The zero-order chi connectivity index (χ0) is 29.0. The number of alkyl halides is 6. The lowest BCUT2D eigenvalue weighted by molar-refractivity contribution is -0.472. The average Bonchev–Trinajstić information content (AvgIpc) is 2.57. The van der Waals surface area contributed by atoms with Gasteiger partial charge in [0.1, 0.15) is 0 Å². The molecule has 20 heteroatoms. The highest BCUT2D eigenvalue weighted by atomic mass is 32.2. The quantitative estimate of drug-likeness (QED) is 0.0823. The first-order chi connectivity index (χ1) is 15.3. The van der Waals surface area contributed by atoms with Crippen LogP contribution in [0.25, 0.3) is 0 Å². The number of hydrogen-bond donors (Lipinski definition) is 2. The molecular weight excluding hydrogens is 538 g/mol. The summed E-state index contributed by atoms with van der Waals surface area (Å²) in [6, 6.07) is 0. The van der Waals surface area contributed by atoms with Crippen LogP contribution in [0.2, 0.25) is 0 Å². The largest absolute Gasteiger partial charge is 0.741 e. The summed E-state index contributed by atoms with van der Waals surface area (Å²) < 4.78 is 122. The third-order valence-electron chi connectivity index (χ3n) is 3.18. The lowest BCUT2D eigenvalue weighted by Crippen LogP contribution is -2.44. The molecule has 0 amide bonds. The Hall–Kier alpha value is -2.06. The van der Waals surface area contributed by atoms with E-state index in [1.54, 1.807) is 0 Å². The van der Waals surface area contributed by atoms with E-state index >= 15 is 0 Å². The van der Waals surface area contributed by atoms with E-state index < -0.39 is 31.3 Å². The van der Waals surface area contributed by atoms with Gasteiger partial charge in [0.15, 0.2) is 20.2 Å². The highest BCUT2D eigenvalue weighted by Gasteiger charge is 2.37. The van der Waals surface area contributed by atoms with E-state index in [9.17, 15) is 26.3 Å². The highest BCUT2D eigenvalue weighted by Crippen LogP contribution is 2.21. The molecule has 0 aromatic carbocycles. The van der Waals surface area contributed by atoms with Gasteiger partial charge in [-0.05, 0) is 0 Å². The molecule has 0 aliphatic rings. The Morgan fingerprint density at radius 1 is 0.686 bits per heavy atom. The second-order valence-electron chi connectivity index (χ2n) is 7.23. The van der Waals surface area contributed by atoms with Crippen molar-refractivity contribution in [1.82, 2.24) is 20.4 Å². The lowest BCUT2D eigenvalue weighted by Gasteiger charge is -2.14. The fourth-order valence-electron chi connectivity index (χ4n) is 1.92. The molecule has 0 heterocycles. The van der Waals surface area contributed by atoms with Crippen LogP contribution >= 0.6 is 0 Å². The summed E-state index contributed by atoms with van der Waals surface area (Å²) in [5, 5.41) is 6.89. The fraction of sp³-hybridized carbons (Fsp3) is 0.867. The van der Waals surface area contributed by atoms with Crippen LogP contribution in [-0.4, -0.2) is 137 Å². The zero-order valence-electron chi connectivity index (χ0n) is 20.4. The summed E-state index contributed by atoms with van der Waals surface area (Å²) in [4.78, 5) is 4.18. The van der Waals surface area contributed by atoms with Crippen LogP contribution in [0.5, 0.6) is 0 Å². The van der Waals surface area contributed by atoms with Gasteiger partial charge in [-0.3, -0.25) is 29.6 Å². The molecule has 0 atom stereocenters. The molecule has 0 fully saturated rings. The number of nitrogens with zero attached hydrogens (tertiary/aromatic N) is 4. The standard InChI is InChI=1S/C13H30N6.2CHF3O3S/c1-16(2)12(17(3)4)14-10-9-11-15-13(18(5)6)19(7)8;2*2-1(3,4)8(5,6)7/h9-11H2,1-8H3;2*(H,5,6,7). The molecular formula is C15H32F6N6O6S2. The van der Waals surface area contributed by atoms with Crippen LogP contribution in [0.4, 0.5) is 26.3 Å².